The number of rotatable bonds is 3. The lowest BCUT2D eigenvalue weighted by molar-refractivity contribution is 0.452. The van der Waals surface area contributed by atoms with Crippen LogP contribution in [0.3, 0.4) is 0 Å². The van der Waals surface area contributed by atoms with Crippen LogP contribution in [0, 0.1) is 11.3 Å². The van der Waals surface area contributed by atoms with E-state index in [1.54, 1.807) is 0 Å². The van der Waals surface area contributed by atoms with Gasteiger partial charge in [0.15, 0.2) is 11.5 Å². The average molecular weight is 280 g/mol. The second-order valence-electron chi connectivity index (χ2n) is 4.82. The van der Waals surface area contributed by atoms with E-state index in [4.69, 9.17) is 5.26 Å². The van der Waals surface area contributed by atoms with Crippen molar-refractivity contribution in [3.8, 4) is 6.07 Å². The fraction of sp³-hybridized carbons (Fsp3) is 0.583. The molecular formula is C12H16N4O2S. The highest BCUT2D eigenvalue weighted by molar-refractivity contribution is 7.91. The predicted octanol–water partition coefficient (Wildman–Crippen LogP) is 1.12. The molecule has 19 heavy (non-hydrogen) atoms. The van der Waals surface area contributed by atoms with E-state index in [1.807, 2.05) is 6.07 Å². The zero-order valence-corrected chi connectivity index (χ0v) is 11.5. The average Bonchev–Trinajstić information content (AvgIpc) is 2.39. The summed E-state index contributed by atoms with van der Waals surface area (Å²) in [6.45, 7) is 0. The molecule has 0 aliphatic heterocycles. The van der Waals surface area contributed by atoms with Gasteiger partial charge < -0.3 is 5.32 Å². The van der Waals surface area contributed by atoms with Gasteiger partial charge in [-0.25, -0.2) is 18.4 Å². The van der Waals surface area contributed by atoms with Gasteiger partial charge in [0.2, 0.25) is 0 Å². The van der Waals surface area contributed by atoms with Crippen molar-refractivity contribution in [2.45, 2.75) is 37.0 Å². The first-order valence-electron chi connectivity index (χ1n) is 6.17. The Morgan fingerprint density at radius 2 is 2.11 bits per heavy atom. The largest absolute Gasteiger partial charge is 0.365 e. The van der Waals surface area contributed by atoms with Crippen LogP contribution in [-0.4, -0.2) is 35.9 Å². The number of sulfone groups is 1. The molecule has 0 unspecified atom stereocenters. The van der Waals surface area contributed by atoms with E-state index in [9.17, 15) is 8.42 Å². The smallest absolute Gasteiger partial charge is 0.182 e. The second-order valence-corrected chi connectivity index (χ2v) is 7.15. The first-order valence-corrected chi connectivity index (χ1v) is 8.12. The number of anilines is 1. The number of hydrogen-bond acceptors (Lipinski definition) is 6. The van der Waals surface area contributed by atoms with E-state index in [2.05, 4.69) is 15.3 Å². The van der Waals surface area contributed by atoms with Crippen molar-refractivity contribution in [1.29, 1.82) is 5.26 Å². The Morgan fingerprint density at radius 3 is 2.79 bits per heavy atom. The van der Waals surface area contributed by atoms with Gasteiger partial charge in [0, 0.05) is 24.7 Å². The number of nitrogens with one attached hydrogen (secondary N) is 1. The summed E-state index contributed by atoms with van der Waals surface area (Å²) in [6, 6.07) is 2.00. The first kappa shape index (κ1) is 13.7. The molecule has 1 aliphatic carbocycles. The number of nitriles is 1. The Kier molecular flexibility index (Phi) is 4.00. The Labute approximate surface area is 112 Å². The van der Waals surface area contributed by atoms with Crippen molar-refractivity contribution < 1.29 is 8.42 Å². The third-order valence-electron chi connectivity index (χ3n) is 3.38. The SMILES string of the molecule is CS(=O)(=O)[C@H]1CCC[C@@H](Nc2nccnc2C#N)C1. The fourth-order valence-electron chi connectivity index (χ4n) is 2.38. The molecular weight excluding hydrogens is 264 g/mol. The summed E-state index contributed by atoms with van der Waals surface area (Å²) < 4.78 is 23.2. The maximum absolute atomic E-state index is 11.6. The van der Waals surface area contributed by atoms with Crippen molar-refractivity contribution in [2.75, 3.05) is 11.6 Å². The zero-order valence-electron chi connectivity index (χ0n) is 10.7. The third kappa shape index (κ3) is 3.41. The minimum atomic E-state index is -3.01. The fourth-order valence-corrected chi connectivity index (χ4v) is 3.56. The summed E-state index contributed by atoms with van der Waals surface area (Å²) in [5.74, 6) is 0.434. The van der Waals surface area contributed by atoms with E-state index in [1.165, 1.54) is 18.6 Å². The Hall–Kier alpha value is -1.68. The standard InChI is InChI=1S/C12H16N4O2S/c1-19(17,18)10-4-2-3-9(7-10)16-12-11(8-13)14-5-6-15-12/h5-6,9-10H,2-4,7H2,1H3,(H,15,16)/t9-,10+/m1/s1. The molecule has 0 spiro atoms. The Bertz CT molecular complexity index is 594. The van der Waals surface area contributed by atoms with Crippen molar-refractivity contribution in [3.05, 3.63) is 18.1 Å². The molecule has 1 fully saturated rings. The van der Waals surface area contributed by atoms with E-state index < -0.39 is 9.84 Å². The van der Waals surface area contributed by atoms with Crippen molar-refractivity contribution in [1.82, 2.24) is 9.97 Å². The van der Waals surface area contributed by atoms with Crippen LogP contribution in [0.15, 0.2) is 12.4 Å². The topological polar surface area (TPSA) is 95.7 Å². The summed E-state index contributed by atoms with van der Waals surface area (Å²) in [5, 5.41) is 11.8. The van der Waals surface area contributed by atoms with Crippen molar-refractivity contribution >= 4 is 15.7 Å². The van der Waals surface area contributed by atoms with Gasteiger partial charge in [-0.15, -0.1) is 0 Å². The maximum atomic E-state index is 11.6. The van der Waals surface area contributed by atoms with Gasteiger partial charge >= 0.3 is 0 Å². The summed E-state index contributed by atoms with van der Waals surface area (Å²) in [5.41, 5.74) is 0.240. The molecule has 1 aromatic heterocycles. The molecule has 7 heteroatoms. The Balaban J connectivity index is 2.09. The lowest BCUT2D eigenvalue weighted by Crippen LogP contribution is -2.34. The van der Waals surface area contributed by atoms with Gasteiger partial charge in [-0.05, 0) is 19.3 Å². The summed E-state index contributed by atoms with van der Waals surface area (Å²) in [6.07, 6.45) is 7.26. The summed E-state index contributed by atoms with van der Waals surface area (Å²) in [7, 11) is -3.01. The lowest BCUT2D eigenvalue weighted by atomic mass is 9.95. The molecule has 1 aliphatic rings. The van der Waals surface area contributed by atoms with E-state index in [0.717, 1.165) is 12.8 Å². The summed E-state index contributed by atoms with van der Waals surface area (Å²) in [4.78, 5) is 8.01. The number of hydrogen-bond donors (Lipinski definition) is 1. The molecule has 0 amide bonds. The second kappa shape index (κ2) is 5.53. The number of nitrogens with zero attached hydrogens (tertiary/aromatic N) is 3. The molecule has 0 saturated heterocycles. The normalized spacial score (nSPS) is 23.6. The molecule has 0 aromatic carbocycles. The molecule has 2 rings (SSSR count). The minimum absolute atomic E-state index is 0.0253. The molecule has 0 radical (unpaired) electrons. The van der Waals surface area contributed by atoms with Crippen LogP contribution in [0.1, 0.15) is 31.4 Å². The zero-order chi connectivity index (χ0) is 13.9. The van der Waals surface area contributed by atoms with Gasteiger partial charge in [0.1, 0.15) is 15.9 Å². The van der Waals surface area contributed by atoms with E-state index >= 15 is 0 Å². The lowest BCUT2D eigenvalue weighted by Gasteiger charge is -2.29. The van der Waals surface area contributed by atoms with Crippen LogP contribution in [0.4, 0.5) is 5.82 Å². The molecule has 102 valence electrons. The van der Waals surface area contributed by atoms with Gasteiger partial charge in [-0.2, -0.15) is 5.26 Å². The quantitative estimate of drug-likeness (QED) is 0.891. The monoisotopic (exact) mass is 280 g/mol. The van der Waals surface area contributed by atoms with Gasteiger partial charge in [0.25, 0.3) is 0 Å². The highest BCUT2D eigenvalue weighted by Gasteiger charge is 2.29. The van der Waals surface area contributed by atoms with Crippen LogP contribution in [0.2, 0.25) is 0 Å². The van der Waals surface area contributed by atoms with Crippen LogP contribution in [-0.2, 0) is 9.84 Å². The Morgan fingerprint density at radius 1 is 1.37 bits per heavy atom. The molecule has 2 atom stereocenters. The van der Waals surface area contributed by atoms with Gasteiger partial charge in [-0.1, -0.05) is 6.42 Å². The molecule has 6 nitrogen and oxygen atoms in total. The van der Waals surface area contributed by atoms with Crippen LogP contribution in [0.5, 0.6) is 0 Å². The van der Waals surface area contributed by atoms with Crippen molar-refractivity contribution in [2.24, 2.45) is 0 Å². The molecule has 0 bridgehead atoms. The third-order valence-corrected chi connectivity index (χ3v) is 5.02. The van der Waals surface area contributed by atoms with Gasteiger partial charge in [0.05, 0.1) is 5.25 Å². The van der Waals surface area contributed by atoms with Crippen molar-refractivity contribution in [3.63, 3.8) is 0 Å². The maximum Gasteiger partial charge on any atom is 0.182 e. The van der Waals surface area contributed by atoms with Crippen LogP contribution >= 0.6 is 0 Å². The highest BCUT2D eigenvalue weighted by atomic mass is 32.2. The molecule has 1 N–H and O–H groups in total. The minimum Gasteiger partial charge on any atom is -0.365 e. The van der Waals surface area contributed by atoms with Gasteiger partial charge in [-0.3, -0.25) is 0 Å². The molecule has 1 aromatic rings. The van der Waals surface area contributed by atoms with E-state index in [-0.39, 0.29) is 17.0 Å². The molecule has 1 heterocycles. The predicted molar refractivity (Wildman–Crippen MR) is 71.3 cm³/mol. The van der Waals surface area contributed by atoms with E-state index in [0.29, 0.717) is 18.7 Å². The van der Waals surface area contributed by atoms with Crippen LogP contribution < -0.4 is 5.32 Å². The highest BCUT2D eigenvalue weighted by Crippen LogP contribution is 2.26. The molecule has 1 saturated carbocycles. The summed E-state index contributed by atoms with van der Waals surface area (Å²) >= 11 is 0. The first-order chi connectivity index (χ1) is 9.00. The van der Waals surface area contributed by atoms with Crippen LogP contribution in [0.25, 0.3) is 0 Å². The number of aromatic nitrogens is 2.